The Morgan fingerprint density at radius 2 is 2.15 bits per heavy atom. The highest BCUT2D eigenvalue weighted by Crippen LogP contribution is 2.38. The van der Waals surface area contributed by atoms with Crippen LogP contribution in [0.15, 0.2) is 18.2 Å². The van der Waals surface area contributed by atoms with Crippen LogP contribution in [0.25, 0.3) is 0 Å². The van der Waals surface area contributed by atoms with Crippen molar-refractivity contribution in [1.82, 2.24) is 14.7 Å². The maximum absolute atomic E-state index is 13.3. The van der Waals surface area contributed by atoms with Gasteiger partial charge in [-0.05, 0) is 51.6 Å². The van der Waals surface area contributed by atoms with Crippen LogP contribution in [-0.4, -0.2) is 40.7 Å². The van der Waals surface area contributed by atoms with Gasteiger partial charge in [0.2, 0.25) is 0 Å². The minimum atomic E-state index is -0.535. The van der Waals surface area contributed by atoms with E-state index >= 15 is 0 Å². The molecule has 0 aliphatic heterocycles. The van der Waals surface area contributed by atoms with E-state index in [1.54, 1.807) is 7.05 Å². The summed E-state index contributed by atoms with van der Waals surface area (Å²) in [4.78, 5) is 15.0. The topological polar surface area (TPSA) is 76.2 Å². The zero-order valence-corrected chi connectivity index (χ0v) is 15.8. The van der Waals surface area contributed by atoms with E-state index in [9.17, 15) is 9.18 Å². The number of rotatable bonds is 4. The summed E-state index contributed by atoms with van der Waals surface area (Å²) in [5.74, 6) is -0.393. The van der Waals surface area contributed by atoms with E-state index in [-0.39, 0.29) is 16.8 Å². The molecule has 8 heteroatoms. The van der Waals surface area contributed by atoms with Crippen molar-refractivity contribution >= 4 is 29.0 Å². The van der Waals surface area contributed by atoms with Gasteiger partial charge >= 0.3 is 0 Å². The van der Waals surface area contributed by atoms with Gasteiger partial charge in [-0.15, -0.1) is 0 Å². The molecule has 1 saturated carbocycles. The Bertz CT molecular complexity index is 835. The largest absolute Gasteiger partial charge is 0.383 e. The van der Waals surface area contributed by atoms with Gasteiger partial charge < -0.3 is 16.0 Å². The molecule has 0 radical (unpaired) electrons. The van der Waals surface area contributed by atoms with Crippen LogP contribution in [0.2, 0.25) is 5.02 Å². The van der Waals surface area contributed by atoms with E-state index in [1.807, 2.05) is 0 Å². The molecule has 6 nitrogen and oxygen atoms in total. The van der Waals surface area contributed by atoms with E-state index < -0.39 is 5.82 Å². The summed E-state index contributed by atoms with van der Waals surface area (Å²) < 4.78 is 14.8. The number of carbonyl (C=O) groups is 1. The van der Waals surface area contributed by atoms with Crippen molar-refractivity contribution in [3.05, 3.63) is 40.3 Å². The lowest BCUT2D eigenvalue weighted by Gasteiger charge is -2.18. The number of aryl methyl sites for hydroxylation is 1. The molecule has 2 atom stereocenters. The van der Waals surface area contributed by atoms with E-state index in [4.69, 9.17) is 17.3 Å². The Balaban J connectivity index is 1.87. The van der Waals surface area contributed by atoms with Crippen LogP contribution < -0.4 is 11.1 Å². The van der Waals surface area contributed by atoms with Crippen LogP contribution in [0, 0.1) is 5.82 Å². The number of amides is 1. The Morgan fingerprint density at radius 3 is 2.77 bits per heavy atom. The lowest BCUT2D eigenvalue weighted by Crippen LogP contribution is -2.25. The molecule has 0 spiro atoms. The molecule has 1 heterocycles. The first-order chi connectivity index (χ1) is 12.3. The first-order valence-corrected chi connectivity index (χ1v) is 8.91. The minimum Gasteiger partial charge on any atom is -0.383 e. The highest BCUT2D eigenvalue weighted by Gasteiger charge is 2.33. The maximum atomic E-state index is 13.3. The molecule has 1 aliphatic carbocycles. The number of nitrogen functional groups attached to an aromatic ring is 1. The van der Waals surface area contributed by atoms with Crippen molar-refractivity contribution in [2.75, 3.05) is 25.1 Å². The fourth-order valence-corrected chi connectivity index (χ4v) is 3.70. The normalized spacial score (nSPS) is 19.9. The van der Waals surface area contributed by atoms with Crippen LogP contribution in [0.3, 0.4) is 0 Å². The SMILES string of the molecule is CN(C)C1CCC(c2nn(C)c(N)c2C(=O)Nc2ccc(F)c(Cl)c2)C1. The second kappa shape index (κ2) is 7.25. The van der Waals surface area contributed by atoms with Gasteiger partial charge in [0.25, 0.3) is 5.91 Å². The zero-order valence-electron chi connectivity index (χ0n) is 15.1. The Kier molecular flexibility index (Phi) is 5.20. The summed E-state index contributed by atoms with van der Waals surface area (Å²) in [5.41, 5.74) is 7.64. The van der Waals surface area contributed by atoms with Gasteiger partial charge in [0, 0.05) is 24.7 Å². The van der Waals surface area contributed by atoms with E-state index in [1.165, 1.54) is 22.9 Å². The van der Waals surface area contributed by atoms with Gasteiger partial charge in [0.05, 0.1) is 10.7 Å². The number of nitrogens with two attached hydrogens (primary N) is 1. The molecule has 140 valence electrons. The summed E-state index contributed by atoms with van der Waals surface area (Å²) in [7, 11) is 5.85. The van der Waals surface area contributed by atoms with Gasteiger partial charge in [-0.3, -0.25) is 9.48 Å². The van der Waals surface area contributed by atoms with Crippen molar-refractivity contribution in [2.24, 2.45) is 7.05 Å². The average molecular weight is 380 g/mol. The number of halogens is 2. The second-order valence-corrected chi connectivity index (χ2v) is 7.39. The molecule has 1 aromatic carbocycles. The predicted molar refractivity (Wildman–Crippen MR) is 101 cm³/mol. The molecular weight excluding hydrogens is 357 g/mol. The fourth-order valence-electron chi connectivity index (χ4n) is 3.52. The predicted octanol–water partition coefficient (Wildman–Crippen LogP) is 3.24. The highest BCUT2D eigenvalue weighted by molar-refractivity contribution is 6.31. The van der Waals surface area contributed by atoms with Gasteiger partial charge in [0.1, 0.15) is 17.2 Å². The first-order valence-electron chi connectivity index (χ1n) is 8.53. The number of aromatic nitrogens is 2. The molecule has 0 bridgehead atoms. The molecular formula is C18H23ClFN5O. The molecule has 1 aliphatic rings. The van der Waals surface area contributed by atoms with Crippen molar-refractivity contribution < 1.29 is 9.18 Å². The van der Waals surface area contributed by atoms with Gasteiger partial charge in [0.15, 0.2) is 0 Å². The van der Waals surface area contributed by atoms with Gasteiger partial charge in [-0.2, -0.15) is 5.10 Å². The van der Waals surface area contributed by atoms with Crippen LogP contribution in [0.1, 0.15) is 41.2 Å². The molecule has 3 N–H and O–H groups in total. The molecule has 1 fully saturated rings. The third-order valence-electron chi connectivity index (χ3n) is 5.05. The molecule has 1 aromatic heterocycles. The Morgan fingerprint density at radius 1 is 1.42 bits per heavy atom. The van der Waals surface area contributed by atoms with Crippen molar-refractivity contribution in [1.29, 1.82) is 0 Å². The third-order valence-corrected chi connectivity index (χ3v) is 5.33. The number of hydrogen-bond donors (Lipinski definition) is 2. The molecule has 0 saturated heterocycles. The summed E-state index contributed by atoms with van der Waals surface area (Å²) in [5, 5.41) is 7.20. The van der Waals surface area contributed by atoms with Gasteiger partial charge in [-0.1, -0.05) is 11.6 Å². The fraction of sp³-hybridized carbons (Fsp3) is 0.444. The van der Waals surface area contributed by atoms with Crippen molar-refractivity contribution in [3.8, 4) is 0 Å². The van der Waals surface area contributed by atoms with Crippen molar-refractivity contribution in [2.45, 2.75) is 31.2 Å². The quantitative estimate of drug-likeness (QED) is 0.855. The standard InChI is InChI=1S/C18H23ClFN5O/c1-24(2)12-6-4-10(8-12)16-15(17(21)25(3)23-16)18(26)22-11-5-7-14(20)13(19)9-11/h5,7,9-10,12H,4,6,8,21H2,1-3H3,(H,22,26). The number of nitrogens with zero attached hydrogens (tertiary/aromatic N) is 3. The smallest absolute Gasteiger partial charge is 0.261 e. The van der Waals surface area contributed by atoms with Crippen LogP contribution in [-0.2, 0) is 7.05 Å². The van der Waals surface area contributed by atoms with Crippen LogP contribution in [0.5, 0.6) is 0 Å². The minimum absolute atomic E-state index is 0.0493. The second-order valence-electron chi connectivity index (χ2n) is 6.98. The number of benzene rings is 1. The van der Waals surface area contributed by atoms with E-state index in [0.717, 1.165) is 25.0 Å². The summed E-state index contributed by atoms with van der Waals surface area (Å²) in [6, 6.07) is 4.52. The molecule has 26 heavy (non-hydrogen) atoms. The molecule has 2 aromatic rings. The third kappa shape index (κ3) is 3.54. The van der Waals surface area contributed by atoms with Crippen LogP contribution in [0.4, 0.5) is 15.9 Å². The average Bonchev–Trinajstić information content (AvgIpc) is 3.17. The molecule has 1 amide bonds. The Hall–Kier alpha value is -2.12. The maximum Gasteiger partial charge on any atom is 0.261 e. The lowest BCUT2D eigenvalue weighted by atomic mass is 9.99. The highest BCUT2D eigenvalue weighted by atomic mass is 35.5. The molecule has 3 rings (SSSR count). The number of carbonyl (C=O) groups excluding carboxylic acids is 1. The number of hydrogen-bond acceptors (Lipinski definition) is 4. The lowest BCUT2D eigenvalue weighted by molar-refractivity contribution is 0.102. The first kappa shape index (κ1) is 18.7. The summed E-state index contributed by atoms with van der Waals surface area (Å²) in [6.45, 7) is 0. The van der Waals surface area contributed by atoms with Crippen molar-refractivity contribution in [3.63, 3.8) is 0 Å². The van der Waals surface area contributed by atoms with E-state index in [2.05, 4.69) is 29.4 Å². The van der Waals surface area contributed by atoms with Gasteiger partial charge in [-0.25, -0.2) is 4.39 Å². The number of anilines is 2. The zero-order chi connectivity index (χ0) is 19.0. The van der Waals surface area contributed by atoms with Crippen LogP contribution >= 0.6 is 11.6 Å². The molecule has 2 unspecified atom stereocenters. The number of nitrogens with one attached hydrogen (secondary N) is 1. The monoisotopic (exact) mass is 379 g/mol. The summed E-state index contributed by atoms with van der Waals surface area (Å²) in [6.07, 6.45) is 2.96. The Labute approximate surface area is 157 Å². The summed E-state index contributed by atoms with van der Waals surface area (Å²) >= 11 is 5.79. The van der Waals surface area contributed by atoms with E-state index in [0.29, 0.717) is 23.1 Å².